The molecule has 0 bridgehead atoms. The van der Waals surface area contributed by atoms with Crippen molar-refractivity contribution in [1.82, 2.24) is 0 Å². The van der Waals surface area contributed by atoms with Gasteiger partial charge >= 0.3 is 0 Å². The first-order valence-corrected chi connectivity index (χ1v) is 6.70. The Balaban J connectivity index is 2.12. The van der Waals surface area contributed by atoms with Gasteiger partial charge in [-0.25, -0.2) is 4.39 Å². The van der Waals surface area contributed by atoms with Gasteiger partial charge in [-0.15, -0.1) is 0 Å². The minimum atomic E-state index is -0.711. The molecule has 0 spiro atoms. The zero-order valence-electron chi connectivity index (χ0n) is 11.0. The zero-order valence-corrected chi connectivity index (χ0v) is 11.0. The van der Waals surface area contributed by atoms with E-state index < -0.39 is 6.10 Å². The second-order valence-corrected chi connectivity index (χ2v) is 5.37. The lowest BCUT2D eigenvalue weighted by molar-refractivity contribution is 0.121. The summed E-state index contributed by atoms with van der Waals surface area (Å²) in [6, 6.07) is 4.36. The molecule has 100 valence electrons. The molecule has 2 unspecified atom stereocenters. The molecule has 3 heteroatoms. The van der Waals surface area contributed by atoms with E-state index in [9.17, 15) is 9.50 Å². The van der Waals surface area contributed by atoms with Crippen LogP contribution in [0.2, 0.25) is 0 Å². The van der Waals surface area contributed by atoms with Crippen molar-refractivity contribution < 1.29 is 14.2 Å². The van der Waals surface area contributed by atoms with Crippen LogP contribution in [0.1, 0.15) is 51.2 Å². The first-order chi connectivity index (χ1) is 8.56. The van der Waals surface area contributed by atoms with Crippen LogP contribution in [-0.4, -0.2) is 11.2 Å². The maximum absolute atomic E-state index is 13.2. The fraction of sp³-hybridized carbons (Fsp3) is 0.600. The number of rotatable bonds is 3. The summed E-state index contributed by atoms with van der Waals surface area (Å²) in [6.45, 7) is 3.86. The number of halogens is 1. The summed E-state index contributed by atoms with van der Waals surface area (Å²) in [5.74, 6) is 0.958. The lowest BCUT2D eigenvalue weighted by Gasteiger charge is -2.28. The molecule has 18 heavy (non-hydrogen) atoms. The van der Waals surface area contributed by atoms with Gasteiger partial charge in [-0.05, 0) is 50.3 Å². The van der Waals surface area contributed by atoms with Crippen LogP contribution >= 0.6 is 0 Å². The van der Waals surface area contributed by atoms with Crippen molar-refractivity contribution >= 4 is 0 Å². The van der Waals surface area contributed by atoms with Crippen molar-refractivity contribution in [3.63, 3.8) is 0 Å². The predicted octanol–water partition coefficient (Wildman–Crippen LogP) is 3.84. The highest BCUT2D eigenvalue weighted by atomic mass is 19.1. The fourth-order valence-corrected chi connectivity index (χ4v) is 2.62. The van der Waals surface area contributed by atoms with Crippen LogP contribution < -0.4 is 4.74 Å². The SMILES string of the molecule is CC1CCCC(Oc2ccc(F)cc2[C@@H](C)O)C1. The Morgan fingerprint density at radius 1 is 1.39 bits per heavy atom. The molecule has 0 radical (unpaired) electrons. The number of benzene rings is 1. The number of hydrogen-bond donors (Lipinski definition) is 1. The van der Waals surface area contributed by atoms with Gasteiger partial charge in [-0.3, -0.25) is 0 Å². The van der Waals surface area contributed by atoms with E-state index in [1.807, 2.05) is 0 Å². The number of aliphatic hydroxyl groups is 1. The quantitative estimate of drug-likeness (QED) is 0.885. The van der Waals surface area contributed by atoms with Gasteiger partial charge in [0.1, 0.15) is 11.6 Å². The molecule has 2 nitrogen and oxygen atoms in total. The average molecular weight is 252 g/mol. The molecule has 1 saturated carbocycles. The molecule has 0 aromatic heterocycles. The smallest absolute Gasteiger partial charge is 0.125 e. The van der Waals surface area contributed by atoms with Crippen molar-refractivity contribution in [3.8, 4) is 5.75 Å². The molecule has 1 aromatic carbocycles. The van der Waals surface area contributed by atoms with E-state index in [1.165, 1.54) is 25.0 Å². The van der Waals surface area contributed by atoms with E-state index in [-0.39, 0.29) is 11.9 Å². The summed E-state index contributed by atoms with van der Waals surface area (Å²) in [7, 11) is 0. The number of hydrogen-bond acceptors (Lipinski definition) is 2. The fourth-order valence-electron chi connectivity index (χ4n) is 2.62. The lowest BCUT2D eigenvalue weighted by Crippen LogP contribution is -2.24. The third-order valence-corrected chi connectivity index (χ3v) is 3.60. The highest BCUT2D eigenvalue weighted by molar-refractivity contribution is 5.35. The molecular formula is C15H21FO2. The van der Waals surface area contributed by atoms with E-state index in [0.717, 1.165) is 12.8 Å². The van der Waals surface area contributed by atoms with Gasteiger partial charge in [-0.1, -0.05) is 13.3 Å². The molecule has 0 aliphatic heterocycles. The first-order valence-electron chi connectivity index (χ1n) is 6.70. The lowest BCUT2D eigenvalue weighted by atomic mass is 9.88. The second kappa shape index (κ2) is 5.70. The summed E-state index contributed by atoms with van der Waals surface area (Å²) >= 11 is 0. The van der Waals surface area contributed by atoms with Gasteiger partial charge in [0.05, 0.1) is 12.2 Å². The van der Waals surface area contributed by atoms with Crippen molar-refractivity contribution in [3.05, 3.63) is 29.6 Å². The molecule has 1 fully saturated rings. The highest BCUT2D eigenvalue weighted by Crippen LogP contribution is 2.31. The molecule has 0 saturated heterocycles. The van der Waals surface area contributed by atoms with E-state index in [2.05, 4.69) is 6.92 Å². The van der Waals surface area contributed by atoms with Gasteiger partial charge < -0.3 is 9.84 Å². The summed E-state index contributed by atoms with van der Waals surface area (Å²) in [6.07, 6.45) is 4.00. The normalized spacial score (nSPS) is 25.8. The van der Waals surface area contributed by atoms with Crippen molar-refractivity contribution in [2.75, 3.05) is 0 Å². The maximum atomic E-state index is 13.2. The topological polar surface area (TPSA) is 29.5 Å². The second-order valence-electron chi connectivity index (χ2n) is 5.37. The predicted molar refractivity (Wildman–Crippen MR) is 69.1 cm³/mol. The Morgan fingerprint density at radius 2 is 2.17 bits per heavy atom. The largest absolute Gasteiger partial charge is 0.490 e. The Bertz CT molecular complexity index is 403. The summed E-state index contributed by atoms with van der Waals surface area (Å²) < 4.78 is 19.1. The van der Waals surface area contributed by atoms with E-state index in [1.54, 1.807) is 13.0 Å². The van der Waals surface area contributed by atoms with Crippen LogP contribution in [0.25, 0.3) is 0 Å². The Morgan fingerprint density at radius 3 is 2.83 bits per heavy atom. The molecule has 3 atom stereocenters. The van der Waals surface area contributed by atoms with Crippen LogP contribution in [0, 0.1) is 11.7 Å². The average Bonchev–Trinajstić information content (AvgIpc) is 2.31. The van der Waals surface area contributed by atoms with Gasteiger partial charge in [-0.2, -0.15) is 0 Å². The third kappa shape index (κ3) is 3.22. The van der Waals surface area contributed by atoms with Crippen LogP contribution in [0.4, 0.5) is 4.39 Å². The Kier molecular flexibility index (Phi) is 4.23. The van der Waals surface area contributed by atoms with Gasteiger partial charge in [0, 0.05) is 5.56 Å². The summed E-state index contributed by atoms with van der Waals surface area (Å²) in [4.78, 5) is 0. The minimum Gasteiger partial charge on any atom is -0.490 e. The molecular weight excluding hydrogens is 231 g/mol. The van der Waals surface area contributed by atoms with Crippen LogP contribution in [-0.2, 0) is 0 Å². The highest BCUT2D eigenvalue weighted by Gasteiger charge is 2.22. The van der Waals surface area contributed by atoms with Crippen LogP contribution in [0.5, 0.6) is 5.75 Å². The van der Waals surface area contributed by atoms with Crippen molar-refractivity contribution in [2.45, 2.75) is 51.7 Å². The molecule has 2 rings (SSSR count). The number of ether oxygens (including phenoxy) is 1. The van der Waals surface area contributed by atoms with Gasteiger partial charge in [0.25, 0.3) is 0 Å². The maximum Gasteiger partial charge on any atom is 0.125 e. The standard InChI is InChI=1S/C15H21FO2/c1-10-4-3-5-13(8-10)18-15-7-6-12(16)9-14(15)11(2)17/h6-7,9-11,13,17H,3-5,8H2,1-2H3/t10?,11-,13?/m1/s1. The zero-order chi connectivity index (χ0) is 13.1. The molecule has 0 heterocycles. The first kappa shape index (κ1) is 13.3. The van der Waals surface area contributed by atoms with E-state index >= 15 is 0 Å². The molecule has 1 aliphatic carbocycles. The van der Waals surface area contributed by atoms with E-state index in [4.69, 9.17) is 4.74 Å². The Hall–Kier alpha value is -1.09. The third-order valence-electron chi connectivity index (χ3n) is 3.60. The summed E-state index contributed by atoms with van der Waals surface area (Å²) in [5, 5.41) is 9.66. The number of aliphatic hydroxyl groups excluding tert-OH is 1. The molecule has 1 aliphatic rings. The van der Waals surface area contributed by atoms with Crippen LogP contribution in [0.15, 0.2) is 18.2 Å². The van der Waals surface area contributed by atoms with Crippen LogP contribution in [0.3, 0.4) is 0 Å². The minimum absolute atomic E-state index is 0.191. The Labute approximate surface area is 108 Å². The van der Waals surface area contributed by atoms with Gasteiger partial charge in [0.15, 0.2) is 0 Å². The van der Waals surface area contributed by atoms with Crippen molar-refractivity contribution in [2.24, 2.45) is 5.92 Å². The summed E-state index contributed by atoms with van der Waals surface area (Å²) in [5.41, 5.74) is 0.535. The molecule has 1 aromatic rings. The van der Waals surface area contributed by atoms with Crippen molar-refractivity contribution in [1.29, 1.82) is 0 Å². The van der Waals surface area contributed by atoms with Gasteiger partial charge in [0.2, 0.25) is 0 Å². The monoisotopic (exact) mass is 252 g/mol. The molecule has 1 N–H and O–H groups in total. The van der Waals surface area contributed by atoms with E-state index in [0.29, 0.717) is 17.2 Å². The molecule has 0 amide bonds.